The minimum absolute atomic E-state index is 0.0823. The van der Waals surface area contributed by atoms with Crippen molar-refractivity contribution in [1.29, 1.82) is 0 Å². The lowest BCUT2D eigenvalue weighted by Crippen LogP contribution is -2.21. The molecule has 0 bridgehead atoms. The molecule has 0 aliphatic rings. The van der Waals surface area contributed by atoms with Crippen LogP contribution in [0.3, 0.4) is 0 Å². The van der Waals surface area contributed by atoms with Gasteiger partial charge in [-0.3, -0.25) is 14.6 Å². The summed E-state index contributed by atoms with van der Waals surface area (Å²) in [6, 6.07) is 5.18. The third-order valence-electron chi connectivity index (χ3n) is 2.34. The van der Waals surface area contributed by atoms with Gasteiger partial charge in [-0.1, -0.05) is 19.9 Å². The number of hydrogen-bond donors (Lipinski definition) is 1. The van der Waals surface area contributed by atoms with Crippen molar-refractivity contribution < 1.29 is 14.7 Å². The van der Waals surface area contributed by atoms with E-state index in [2.05, 4.69) is 4.98 Å². The molecule has 1 heterocycles. The molecular weight excluding hydrogens is 206 g/mol. The fourth-order valence-electron chi connectivity index (χ4n) is 1.51. The highest BCUT2D eigenvalue weighted by molar-refractivity contribution is 5.90. The van der Waals surface area contributed by atoms with Gasteiger partial charge in [-0.15, -0.1) is 0 Å². The maximum atomic E-state index is 11.9. The Morgan fingerprint density at radius 1 is 1.38 bits per heavy atom. The molecule has 86 valence electrons. The van der Waals surface area contributed by atoms with Gasteiger partial charge < -0.3 is 5.11 Å². The van der Waals surface area contributed by atoms with Gasteiger partial charge in [-0.05, 0) is 12.1 Å². The van der Waals surface area contributed by atoms with Crippen molar-refractivity contribution in [2.24, 2.45) is 5.92 Å². The summed E-state index contributed by atoms with van der Waals surface area (Å²) < 4.78 is 0. The number of pyridine rings is 1. The molecule has 1 aromatic heterocycles. The molecule has 0 spiro atoms. The van der Waals surface area contributed by atoms with Gasteiger partial charge in [0, 0.05) is 12.1 Å². The molecular formula is C12H15NO3. The van der Waals surface area contributed by atoms with Crippen molar-refractivity contribution >= 4 is 11.8 Å². The lowest BCUT2D eigenvalue weighted by molar-refractivity contribution is -0.139. The number of carbonyl (C=O) groups is 2. The Bertz CT molecular complexity index is 373. The van der Waals surface area contributed by atoms with E-state index < -0.39 is 11.9 Å². The molecule has 1 unspecified atom stereocenters. The van der Waals surface area contributed by atoms with Crippen LogP contribution in [-0.2, 0) is 9.59 Å². The van der Waals surface area contributed by atoms with E-state index in [9.17, 15) is 9.59 Å². The molecule has 0 aliphatic carbocycles. The van der Waals surface area contributed by atoms with Crippen molar-refractivity contribution in [2.45, 2.75) is 26.2 Å². The molecule has 1 aromatic rings. The summed E-state index contributed by atoms with van der Waals surface area (Å²) >= 11 is 0. The monoisotopic (exact) mass is 221 g/mol. The van der Waals surface area contributed by atoms with E-state index in [0.29, 0.717) is 5.69 Å². The van der Waals surface area contributed by atoms with Crippen LogP contribution in [-0.4, -0.2) is 21.8 Å². The van der Waals surface area contributed by atoms with E-state index in [1.54, 1.807) is 38.2 Å². The number of ketones is 1. The highest BCUT2D eigenvalue weighted by Gasteiger charge is 2.26. The van der Waals surface area contributed by atoms with Crippen LogP contribution in [0.5, 0.6) is 0 Å². The molecule has 0 fully saturated rings. The van der Waals surface area contributed by atoms with Crippen LogP contribution >= 0.6 is 0 Å². The first-order valence-electron chi connectivity index (χ1n) is 5.18. The lowest BCUT2D eigenvalue weighted by Gasteiger charge is -2.15. The third-order valence-corrected chi connectivity index (χ3v) is 2.34. The number of hydrogen-bond acceptors (Lipinski definition) is 3. The van der Waals surface area contributed by atoms with Gasteiger partial charge >= 0.3 is 5.97 Å². The van der Waals surface area contributed by atoms with E-state index in [4.69, 9.17) is 5.11 Å². The van der Waals surface area contributed by atoms with Crippen LogP contribution in [0.4, 0.5) is 0 Å². The van der Waals surface area contributed by atoms with Crippen molar-refractivity contribution in [3.63, 3.8) is 0 Å². The Balaban J connectivity index is 2.96. The highest BCUT2D eigenvalue weighted by Crippen LogP contribution is 2.22. The number of carboxylic acid groups (broad SMARTS) is 1. The standard InChI is InChI=1S/C12H15NO3/c1-8(2)12(16)9(7-11(14)15)10-5-3-4-6-13-10/h3-6,8-9H,7H2,1-2H3,(H,14,15). The van der Waals surface area contributed by atoms with E-state index in [0.717, 1.165) is 0 Å². The number of carbonyl (C=O) groups excluding carboxylic acids is 1. The first-order chi connectivity index (χ1) is 7.52. The maximum absolute atomic E-state index is 11.9. The molecule has 0 radical (unpaired) electrons. The molecule has 1 N–H and O–H groups in total. The minimum Gasteiger partial charge on any atom is -0.481 e. The van der Waals surface area contributed by atoms with Gasteiger partial charge in [0.05, 0.1) is 18.0 Å². The predicted molar refractivity (Wildman–Crippen MR) is 59.1 cm³/mol. The molecule has 4 nitrogen and oxygen atoms in total. The average molecular weight is 221 g/mol. The molecule has 1 atom stereocenters. The third kappa shape index (κ3) is 3.15. The summed E-state index contributed by atoms with van der Waals surface area (Å²) in [5, 5.41) is 8.80. The Kier molecular flexibility index (Phi) is 4.17. The van der Waals surface area contributed by atoms with Crippen LogP contribution in [0, 0.1) is 5.92 Å². The number of rotatable bonds is 5. The summed E-state index contributed by atoms with van der Waals surface area (Å²) in [4.78, 5) is 26.7. The number of carboxylic acids is 1. The second kappa shape index (κ2) is 5.39. The largest absolute Gasteiger partial charge is 0.481 e. The zero-order chi connectivity index (χ0) is 12.1. The summed E-state index contributed by atoms with van der Waals surface area (Å²) in [5.74, 6) is -1.89. The van der Waals surface area contributed by atoms with Gasteiger partial charge in [-0.25, -0.2) is 0 Å². The van der Waals surface area contributed by atoms with Crippen LogP contribution in [0.15, 0.2) is 24.4 Å². The Morgan fingerprint density at radius 3 is 2.50 bits per heavy atom. The normalized spacial score (nSPS) is 12.4. The second-order valence-corrected chi connectivity index (χ2v) is 3.96. The molecule has 0 aliphatic heterocycles. The first-order valence-corrected chi connectivity index (χ1v) is 5.18. The van der Waals surface area contributed by atoms with Crippen LogP contribution in [0.2, 0.25) is 0 Å². The molecule has 1 rings (SSSR count). The van der Waals surface area contributed by atoms with Crippen LogP contribution < -0.4 is 0 Å². The first kappa shape index (κ1) is 12.4. The summed E-state index contributed by atoms with van der Waals surface area (Å²) in [6.07, 6.45) is 1.37. The van der Waals surface area contributed by atoms with Crippen LogP contribution in [0.1, 0.15) is 31.9 Å². The Hall–Kier alpha value is -1.71. The minimum atomic E-state index is -0.982. The molecule has 0 saturated carbocycles. The van der Waals surface area contributed by atoms with E-state index in [1.165, 1.54) is 0 Å². The number of nitrogens with zero attached hydrogens (tertiary/aromatic N) is 1. The number of Topliss-reactive ketones (excluding diaryl/α,β-unsaturated/α-hetero) is 1. The van der Waals surface area contributed by atoms with E-state index in [-0.39, 0.29) is 18.1 Å². The summed E-state index contributed by atoms with van der Waals surface area (Å²) in [5.41, 5.74) is 0.531. The smallest absolute Gasteiger partial charge is 0.304 e. The van der Waals surface area contributed by atoms with Crippen molar-refractivity contribution in [2.75, 3.05) is 0 Å². The zero-order valence-corrected chi connectivity index (χ0v) is 9.38. The SMILES string of the molecule is CC(C)C(=O)C(CC(=O)O)c1ccccn1. The summed E-state index contributed by atoms with van der Waals surface area (Å²) in [7, 11) is 0. The molecule has 0 amide bonds. The second-order valence-electron chi connectivity index (χ2n) is 3.96. The topological polar surface area (TPSA) is 67.3 Å². The molecule has 4 heteroatoms. The molecule has 0 aromatic carbocycles. The van der Waals surface area contributed by atoms with E-state index >= 15 is 0 Å². The van der Waals surface area contributed by atoms with E-state index in [1.807, 2.05) is 0 Å². The molecule has 0 saturated heterocycles. The lowest BCUT2D eigenvalue weighted by atomic mass is 9.89. The van der Waals surface area contributed by atoms with Gasteiger partial charge in [0.2, 0.25) is 0 Å². The Labute approximate surface area is 94.3 Å². The fraction of sp³-hybridized carbons (Fsp3) is 0.417. The maximum Gasteiger partial charge on any atom is 0.304 e. The van der Waals surface area contributed by atoms with Gasteiger partial charge in [0.25, 0.3) is 0 Å². The Morgan fingerprint density at radius 2 is 2.06 bits per heavy atom. The average Bonchev–Trinajstić information content (AvgIpc) is 2.26. The fourth-order valence-corrected chi connectivity index (χ4v) is 1.51. The number of aliphatic carboxylic acids is 1. The predicted octanol–water partition coefficient (Wildman–Crippen LogP) is 1.87. The van der Waals surface area contributed by atoms with Crippen molar-refractivity contribution in [3.8, 4) is 0 Å². The van der Waals surface area contributed by atoms with Gasteiger partial charge in [-0.2, -0.15) is 0 Å². The van der Waals surface area contributed by atoms with Crippen LogP contribution in [0.25, 0.3) is 0 Å². The highest BCUT2D eigenvalue weighted by atomic mass is 16.4. The van der Waals surface area contributed by atoms with Gasteiger partial charge in [0.1, 0.15) is 5.78 Å². The van der Waals surface area contributed by atoms with Gasteiger partial charge in [0.15, 0.2) is 0 Å². The number of aromatic nitrogens is 1. The zero-order valence-electron chi connectivity index (χ0n) is 9.38. The quantitative estimate of drug-likeness (QED) is 0.824. The molecule has 16 heavy (non-hydrogen) atoms. The van der Waals surface area contributed by atoms with Crippen molar-refractivity contribution in [3.05, 3.63) is 30.1 Å². The summed E-state index contributed by atoms with van der Waals surface area (Å²) in [6.45, 7) is 3.53. The van der Waals surface area contributed by atoms with Crippen molar-refractivity contribution in [1.82, 2.24) is 4.98 Å².